The lowest BCUT2D eigenvalue weighted by Crippen LogP contribution is -2.14. The predicted octanol–water partition coefficient (Wildman–Crippen LogP) is 2.89. The van der Waals surface area contributed by atoms with Gasteiger partial charge in [0.2, 0.25) is 11.0 Å². The summed E-state index contributed by atoms with van der Waals surface area (Å²) >= 11 is 2.81. The van der Waals surface area contributed by atoms with Gasteiger partial charge in [0.15, 0.2) is 4.34 Å². The van der Waals surface area contributed by atoms with E-state index in [-0.39, 0.29) is 5.91 Å². The van der Waals surface area contributed by atoms with Crippen molar-refractivity contribution in [1.82, 2.24) is 10.2 Å². The van der Waals surface area contributed by atoms with Gasteiger partial charge in [-0.25, -0.2) is 0 Å². The average molecular weight is 352 g/mol. The summed E-state index contributed by atoms with van der Waals surface area (Å²) in [7, 11) is 1.65. The molecule has 1 aromatic heterocycles. The number of hydrogen-bond acceptors (Lipinski definition) is 7. The lowest BCUT2D eigenvalue weighted by atomic mass is 10.1. The van der Waals surface area contributed by atoms with Gasteiger partial charge in [0.1, 0.15) is 0 Å². The normalized spacial score (nSPS) is 10.5. The Bertz CT molecular complexity index is 633. The van der Waals surface area contributed by atoms with Crippen LogP contribution < -0.4 is 10.6 Å². The van der Waals surface area contributed by atoms with Crippen LogP contribution in [0.3, 0.4) is 0 Å². The first-order valence-electron chi connectivity index (χ1n) is 7.29. The van der Waals surface area contributed by atoms with E-state index < -0.39 is 0 Å². The zero-order valence-electron chi connectivity index (χ0n) is 13.2. The first kappa shape index (κ1) is 17.7. The number of aromatic nitrogens is 2. The Hall–Kier alpha value is -1.64. The van der Waals surface area contributed by atoms with Crippen LogP contribution in [0.5, 0.6) is 0 Å². The van der Waals surface area contributed by atoms with Gasteiger partial charge in [-0.1, -0.05) is 42.2 Å². The largest absolute Gasteiger partial charge is 0.383 e. The number of nitrogens with zero attached hydrogens (tertiary/aromatic N) is 2. The molecule has 2 aromatic rings. The Morgan fingerprint density at radius 3 is 3.04 bits per heavy atom. The van der Waals surface area contributed by atoms with Crippen LogP contribution in [-0.4, -0.2) is 42.1 Å². The van der Waals surface area contributed by atoms with Gasteiger partial charge in [-0.05, 0) is 24.1 Å². The van der Waals surface area contributed by atoms with E-state index in [1.54, 1.807) is 7.11 Å². The Morgan fingerprint density at radius 1 is 1.39 bits per heavy atom. The zero-order chi connectivity index (χ0) is 16.5. The fourth-order valence-corrected chi connectivity index (χ4v) is 3.37. The van der Waals surface area contributed by atoms with Crippen molar-refractivity contribution in [3.63, 3.8) is 0 Å². The molecule has 0 fully saturated rings. The number of methoxy groups -OCH3 is 1. The van der Waals surface area contributed by atoms with E-state index in [4.69, 9.17) is 4.74 Å². The van der Waals surface area contributed by atoms with Gasteiger partial charge in [-0.3, -0.25) is 4.79 Å². The molecule has 0 saturated carbocycles. The molecular weight excluding hydrogens is 332 g/mol. The zero-order valence-corrected chi connectivity index (χ0v) is 14.8. The smallest absolute Gasteiger partial charge is 0.234 e. The van der Waals surface area contributed by atoms with Gasteiger partial charge < -0.3 is 15.4 Å². The van der Waals surface area contributed by atoms with Crippen molar-refractivity contribution in [3.05, 3.63) is 29.8 Å². The number of nitrogens with one attached hydrogen (secondary N) is 2. The van der Waals surface area contributed by atoms with Crippen molar-refractivity contribution < 1.29 is 9.53 Å². The van der Waals surface area contributed by atoms with E-state index in [0.29, 0.717) is 18.9 Å². The summed E-state index contributed by atoms with van der Waals surface area (Å²) in [6.45, 7) is 3.38. The number of aryl methyl sites for hydroxylation is 1. The second-order valence-corrected chi connectivity index (χ2v) is 6.88. The molecular formula is C15H20N4O2S2. The third-order valence-corrected chi connectivity index (χ3v) is 4.95. The quantitative estimate of drug-likeness (QED) is 0.534. The van der Waals surface area contributed by atoms with Gasteiger partial charge >= 0.3 is 0 Å². The molecule has 0 unspecified atom stereocenters. The molecule has 0 aliphatic carbocycles. The Balaban J connectivity index is 1.77. The molecule has 2 rings (SSSR count). The molecule has 0 radical (unpaired) electrons. The molecule has 0 saturated heterocycles. The molecule has 124 valence electrons. The minimum absolute atomic E-state index is 0.0488. The standard InChI is InChI=1S/C15H20N4O2S2/c1-3-11-5-4-6-12(9-11)17-13(20)10-22-15-19-18-14(23-15)16-7-8-21-2/h4-6,9H,3,7-8,10H2,1-2H3,(H,16,18)(H,17,20). The summed E-state index contributed by atoms with van der Waals surface area (Å²) in [6.07, 6.45) is 0.947. The highest BCUT2D eigenvalue weighted by atomic mass is 32.2. The maximum atomic E-state index is 12.0. The van der Waals surface area contributed by atoms with Crippen LogP contribution in [0, 0.1) is 0 Å². The second kappa shape index (κ2) is 9.49. The van der Waals surface area contributed by atoms with Crippen LogP contribution in [0.2, 0.25) is 0 Å². The SMILES string of the molecule is CCc1cccc(NC(=O)CSc2nnc(NCCOC)s2)c1. The topological polar surface area (TPSA) is 76.1 Å². The Labute approximate surface area is 144 Å². The Morgan fingerprint density at radius 2 is 2.26 bits per heavy atom. The number of benzene rings is 1. The lowest BCUT2D eigenvalue weighted by Gasteiger charge is -2.05. The number of carbonyl (C=O) groups excluding carboxylic acids is 1. The van der Waals surface area contributed by atoms with Crippen molar-refractivity contribution in [1.29, 1.82) is 0 Å². The van der Waals surface area contributed by atoms with Gasteiger partial charge in [-0.2, -0.15) is 0 Å². The van der Waals surface area contributed by atoms with Crippen molar-refractivity contribution in [2.75, 3.05) is 36.6 Å². The minimum atomic E-state index is -0.0488. The molecule has 6 nitrogen and oxygen atoms in total. The van der Waals surface area contributed by atoms with Gasteiger partial charge in [-0.15, -0.1) is 10.2 Å². The lowest BCUT2D eigenvalue weighted by molar-refractivity contribution is -0.113. The van der Waals surface area contributed by atoms with Crippen LogP contribution in [0.4, 0.5) is 10.8 Å². The molecule has 0 aliphatic heterocycles. The first-order valence-corrected chi connectivity index (χ1v) is 9.09. The molecule has 0 aliphatic rings. The molecule has 2 N–H and O–H groups in total. The fourth-order valence-electron chi connectivity index (χ4n) is 1.79. The average Bonchev–Trinajstić information content (AvgIpc) is 3.01. The maximum absolute atomic E-state index is 12.0. The number of thioether (sulfide) groups is 1. The van der Waals surface area contributed by atoms with Crippen LogP contribution in [0.25, 0.3) is 0 Å². The van der Waals surface area contributed by atoms with Crippen LogP contribution in [0.1, 0.15) is 12.5 Å². The summed E-state index contributed by atoms with van der Waals surface area (Å²) in [5, 5.41) is 14.8. The van der Waals surface area contributed by atoms with Gasteiger partial charge in [0.25, 0.3) is 0 Å². The van der Waals surface area contributed by atoms with Crippen LogP contribution in [-0.2, 0) is 16.0 Å². The van der Waals surface area contributed by atoms with E-state index in [1.165, 1.54) is 28.7 Å². The highest BCUT2D eigenvalue weighted by Gasteiger charge is 2.08. The van der Waals surface area contributed by atoms with Gasteiger partial charge in [0, 0.05) is 19.3 Å². The van der Waals surface area contributed by atoms with Crippen molar-refractivity contribution in [2.45, 2.75) is 17.7 Å². The number of amides is 1. The summed E-state index contributed by atoms with van der Waals surface area (Å²) < 4.78 is 5.72. The molecule has 0 bridgehead atoms. The monoisotopic (exact) mass is 352 g/mol. The molecule has 23 heavy (non-hydrogen) atoms. The summed E-state index contributed by atoms with van der Waals surface area (Å²) in [4.78, 5) is 12.0. The molecule has 8 heteroatoms. The number of ether oxygens (including phenoxy) is 1. The molecule has 1 heterocycles. The molecule has 0 spiro atoms. The summed E-state index contributed by atoms with van der Waals surface area (Å²) in [6, 6.07) is 7.88. The third-order valence-electron chi connectivity index (χ3n) is 2.93. The highest BCUT2D eigenvalue weighted by molar-refractivity contribution is 8.01. The summed E-state index contributed by atoms with van der Waals surface area (Å²) in [5.74, 6) is 0.260. The molecule has 1 aromatic carbocycles. The number of rotatable bonds is 9. The minimum Gasteiger partial charge on any atom is -0.383 e. The predicted molar refractivity (Wildman–Crippen MR) is 95.4 cm³/mol. The van der Waals surface area contributed by atoms with E-state index in [9.17, 15) is 4.79 Å². The third kappa shape index (κ3) is 6.17. The van der Waals surface area contributed by atoms with Crippen LogP contribution in [0.15, 0.2) is 28.6 Å². The maximum Gasteiger partial charge on any atom is 0.234 e. The van der Waals surface area contributed by atoms with E-state index in [1.807, 2.05) is 24.3 Å². The summed E-state index contributed by atoms with van der Waals surface area (Å²) in [5.41, 5.74) is 2.03. The van der Waals surface area contributed by atoms with Crippen molar-refractivity contribution in [2.24, 2.45) is 0 Å². The second-order valence-electron chi connectivity index (χ2n) is 4.68. The van der Waals surface area contributed by atoms with E-state index >= 15 is 0 Å². The Kier molecular flexibility index (Phi) is 7.31. The number of anilines is 2. The highest BCUT2D eigenvalue weighted by Crippen LogP contribution is 2.25. The fraction of sp³-hybridized carbons (Fsp3) is 0.400. The number of hydrogen-bond donors (Lipinski definition) is 2. The van der Waals surface area contributed by atoms with Crippen molar-refractivity contribution in [3.8, 4) is 0 Å². The van der Waals surface area contributed by atoms with E-state index in [0.717, 1.165) is 21.6 Å². The molecule has 0 atom stereocenters. The van der Waals surface area contributed by atoms with Gasteiger partial charge in [0.05, 0.1) is 12.4 Å². The first-order chi connectivity index (χ1) is 11.2. The number of carbonyl (C=O) groups is 1. The van der Waals surface area contributed by atoms with Crippen LogP contribution >= 0.6 is 23.1 Å². The molecule has 1 amide bonds. The van der Waals surface area contributed by atoms with Crippen molar-refractivity contribution >= 4 is 39.8 Å². The van der Waals surface area contributed by atoms with E-state index in [2.05, 4.69) is 27.8 Å².